The van der Waals surface area contributed by atoms with Gasteiger partial charge in [-0.3, -0.25) is 0 Å². The molecule has 1 nitrogen and oxygen atoms in total. The molecule has 2 aromatic carbocycles. The molecule has 0 unspecified atom stereocenters. The highest BCUT2D eigenvalue weighted by Gasteiger charge is 2.30. The van der Waals surface area contributed by atoms with Gasteiger partial charge >= 0.3 is 6.18 Å². The highest BCUT2D eigenvalue weighted by Crippen LogP contribution is 2.31. The Bertz CT molecular complexity index is 529. The molecule has 0 saturated carbocycles. The van der Waals surface area contributed by atoms with Gasteiger partial charge in [-0.15, -0.1) is 0 Å². The average Bonchev–Trinajstić information content (AvgIpc) is 2.38. The van der Waals surface area contributed by atoms with Crippen LogP contribution in [0.4, 0.5) is 13.2 Å². The molecule has 18 heavy (non-hydrogen) atoms. The smallest absolute Gasteiger partial charge is 0.326 e. The van der Waals surface area contributed by atoms with Crippen LogP contribution in [-0.2, 0) is 12.7 Å². The summed E-state index contributed by atoms with van der Waals surface area (Å²) < 4.78 is 37.7. The molecule has 0 heterocycles. The van der Waals surface area contributed by atoms with Gasteiger partial charge in [-0.1, -0.05) is 24.3 Å². The Kier molecular flexibility index (Phi) is 3.39. The molecule has 0 bridgehead atoms. The lowest BCUT2D eigenvalue weighted by atomic mass is 10.0. The summed E-state index contributed by atoms with van der Waals surface area (Å²) in [5, 5.41) is 0. The van der Waals surface area contributed by atoms with E-state index in [0.717, 1.165) is 23.3 Å². The van der Waals surface area contributed by atoms with E-state index in [1.54, 1.807) is 24.3 Å². The summed E-state index contributed by atoms with van der Waals surface area (Å²) in [6.07, 6.45) is -4.34. The highest BCUT2D eigenvalue weighted by molar-refractivity contribution is 5.64. The monoisotopic (exact) mass is 250 g/mol. The maximum atomic E-state index is 12.6. The lowest BCUT2D eigenvalue weighted by Crippen LogP contribution is -2.04. The molecule has 0 spiro atoms. The highest BCUT2D eigenvalue weighted by atomic mass is 19.4. The van der Waals surface area contributed by atoms with Crippen molar-refractivity contribution in [2.75, 3.05) is 0 Å². The predicted molar refractivity (Wildman–Crippen MR) is 63.6 cm³/mol. The lowest BCUT2D eigenvalue weighted by molar-refractivity contribution is -0.137. The number of alkyl halides is 3. The first-order valence-corrected chi connectivity index (χ1v) is 5.38. The molecule has 2 aromatic rings. The van der Waals surface area contributed by atoms with Gasteiger partial charge in [-0.05, 0) is 41.0 Å². The standard InChI is InChI=1S/C14H11F3N/c15-14(16,17)13-3-1-2-12(8-13)11-6-4-10(9-18)5-7-11/h2-8H,9,18H2. The molecule has 0 atom stereocenters. The minimum atomic E-state index is -4.34. The van der Waals surface area contributed by atoms with Crippen LogP contribution in [-0.4, -0.2) is 0 Å². The van der Waals surface area contributed by atoms with Gasteiger partial charge < -0.3 is 5.73 Å². The molecule has 0 aliphatic heterocycles. The molecule has 0 fully saturated rings. The van der Waals surface area contributed by atoms with Crippen molar-refractivity contribution in [2.45, 2.75) is 12.7 Å². The molecule has 4 heteroatoms. The predicted octanol–water partition coefficient (Wildman–Crippen LogP) is 3.63. The number of rotatable bonds is 2. The van der Waals surface area contributed by atoms with Crippen LogP contribution in [0.5, 0.6) is 0 Å². The SMILES string of the molecule is NCc1ccc(-c2c[c]cc(C(F)(F)F)c2)cc1. The van der Waals surface area contributed by atoms with Crippen LogP contribution < -0.4 is 5.73 Å². The van der Waals surface area contributed by atoms with Crippen LogP contribution in [0.1, 0.15) is 11.1 Å². The third kappa shape index (κ3) is 2.71. The van der Waals surface area contributed by atoms with Gasteiger partial charge in [-0.2, -0.15) is 13.2 Å². The Morgan fingerprint density at radius 3 is 2.22 bits per heavy atom. The zero-order valence-corrected chi connectivity index (χ0v) is 9.46. The Labute approximate surface area is 103 Å². The van der Waals surface area contributed by atoms with Crippen LogP contribution in [0.15, 0.2) is 42.5 Å². The third-order valence-corrected chi connectivity index (χ3v) is 2.64. The van der Waals surface area contributed by atoms with E-state index < -0.39 is 11.7 Å². The molecule has 0 aromatic heterocycles. The van der Waals surface area contributed by atoms with Crippen LogP contribution >= 0.6 is 0 Å². The first-order valence-electron chi connectivity index (χ1n) is 5.38. The Balaban J connectivity index is 2.38. The van der Waals surface area contributed by atoms with Crippen molar-refractivity contribution in [3.05, 3.63) is 59.7 Å². The summed E-state index contributed by atoms with van der Waals surface area (Å²) in [4.78, 5) is 0. The minimum absolute atomic E-state index is 0.412. The normalized spacial score (nSPS) is 11.6. The summed E-state index contributed by atoms with van der Waals surface area (Å²) >= 11 is 0. The van der Waals surface area contributed by atoms with Gasteiger partial charge in [-0.25, -0.2) is 0 Å². The van der Waals surface area contributed by atoms with Gasteiger partial charge in [0, 0.05) is 6.54 Å². The number of hydrogen-bond donors (Lipinski definition) is 1. The van der Waals surface area contributed by atoms with Crippen molar-refractivity contribution in [3.63, 3.8) is 0 Å². The molecule has 2 rings (SSSR count). The molecule has 93 valence electrons. The Morgan fingerprint density at radius 2 is 1.67 bits per heavy atom. The van der Waals surface area contributed by atoms with Crippen molar-refractivity contribution >= 4 is 0 Å². The maximum Gasteiger partial charge on any atom is 0.416 e. The lowest BCUT2D eigenvalue weighted by Gasteiger charge is -2.09. The fourth-order valence-corrected chi connectivity index (χ4v) is 1.64. The molecule has 0 aliphatic rings. The number of hydrogen-bond acceptors (Lipinski definition) is 1. The van der Waals surface area contributed by atoms with Gasteiger partial charge in [0.05, 0.1) is 5.56 Å². The van der Waals surface area contributed by atoms with Gasteiger partial charge in [0.2, 0.25) is 0 Å². The molecule has 2 N–H and O–H groups in total. The summed E-state index contributed by atoms with van der Waals surface area (Å²) in [6, 6.07) is 13.2. The van der Waals surface area contributed by atoms with Gasteiger partial charge in [0.15, 0.2) is 0 Å². The average molecular weight is 250 g/mol. The largest absolute Gasteiger partial charge is 0.416 e. The molecule has 1 radical (unpaired) electrons. The fraction of sp³-hybridized carbons (Fsp3) is 0.143. The zero-order valence-electron chi connectivity index (χ0n) is 9.46. The maximum absolute atomic E-state index is 12.6. The van der Waals surface area contributed by atoms with E-state index in [1.807, 2.05) is 0 Å². The van der Waals surface area contributed by atoms with Gasteiger partial charge in [0.1, 0.15) is 0 Å². The van der Waals surface area contributed by atoms with E-state index in [1.165, 1.54) is 6.07 Å². The van der Waals surface area contributed by atoms with Crippen molar-refractivity contribution in [3.8, 4) is 11.1 Å². The van der Waals surface area contributed by atoms with E-state index in [0.29, 0.717) is 12.1 Å². The van der Waals surface area contributed by atoms with E-state index in [4.69, 9.17) is 5.73 Å². The van der Waals surface area contributed by atoms with Crippen LogP contribution in [0, 0.1) is 6.07 Å². The molecule has 0 saturated heterocycles. The van der Waals surface area contributed by atoms with E-state index >= 15 is 0 Å². The summed E-state index contributed by atoms with van der Waals surface area (Å²) in [6.45, 7) is 0.412. The molecule has 0 amide bonds. The fourth-order valence-electron chi connectivity index (χ4n) is 1.64. The van der Waals surface area contributed by atoms with Crippen LogP contribution in [0.2, 0.25) is 0 Å². The third-order valence-electron chi connectivity index (χ3n) is 2.64. The number of nitrogens with two attached hydrogens (primary N) is 1. The second-order valence-corrected chi connectivity index (χ2v) is 3.91. The molecular formula is C14H11F3N. The quantitative estimate of drug-likeness (QED) is 0.865. The summed E-state index contributed by atoms with van der Waals surface area (Å²) in [5.74, 6) is 0. The second kappa shape index (κ2) is 4.82. The van der Waals surface area contributed by atoms with E-state index in [2.05, 4.69) is 6.07 Å². The second-order valence-electron chi connectivity index (χ2n) is 3.91. The Morgan fingerprint density at radius 1 is 1.00 bits per heavy atom. The number of benzene rings is 2. The number of halogens is 3. The van der Waals surface area contributed by atoms with Crippen LogP contribution in [0.3, 0.4) is 0 Å². The molecule has 0 aliphatic carbocycles. The molecular weight excluding hydrogens is 239 g/mol. The summed E-state index contributed by atoms with van der Waals surface area (Å²) in [7, 11) is 0. The topological polar surface area (TPSA) is 26.0 Å². The van der Waals surface area contributed by atoms with Crippen molar-refractivity contribution in [1.29, 1.82) is 0 Å². The summed E-state index contributed by atoms with van der Waals surface area (Å²) in [5.41, 5.74) is 6.92. The van der Waals surface area contributed by atoms with Crippen molar-refractivity contribution < 1.29 is 13.2 Å². The van der Waals surface area contributed by atoms with Crippen molar-refractivity contribution in [2.24, 2.45) is 5.73 Å². The Hall–Kier alpha value is -1.81. The van der Waals surface area contributed by atoms with Crippen LogP contribution in [0.25, 0.3) is 11.1 Å². The van der Waals surface area contributed by atoms with Gasteiger partial charge in [0.25, 0.3) is 0 Å². The minimum Gasteiger partial charge on any atom is -0.326 e. The van der Waals surface area contributed by atoms with E-state index in [-0.39, 0.29) is 0 Å². The first-order chi connectivity index (χ1) is 8.50. The van der Waals surface area contributed by atoms with Crippen molar-refractivity contribution in [1.82, 2.24) is 0 Å². The first kappa shape index (κ1) is 12.6. The van der Waals surface area contributed by atoms with E-state index in [9.17, 15) is 13.2 Å². The zero-order chi connectivity index (χ0) is 13.2.